The van der Waals surface area contributed by atoms with E-state index in [-0.39, 0.29) is 24.0 Å². The summed E-state index contributed by atoms with van der Waals surface area (Å²) in [6, 6.07) is 0.130. The SMILES string of the molecule is NCCC(=O)NCC1CCCCN1C(=O)CCC1CCCCO1. The van der Waals surface area contributed by atoms with Crippen LogP contribution in [0.1, 0.15) is 57.8 Å². The van der Waals surface area contributed by atoms with Crippen LogP contribution < -0.4 is 11.1 Å². The number of hydrogen-bond acceptors (Lipinski definition) is 4. The number of piperidine rings is 1. The molecule has 6 nitrogen and oxygen atoms in total. The third kappa shape index (κ3) is 6.11. The Balaban J connectivity index is 1.76. The standard InChI is InChI=1S/C17H31N3O3/c18-10-9-16(21)19-13-14-5-1-3-11-20(14)17(22)8-7-15-6-2-4-12-23-15/h14-15H,1-13,18H2,(H,19,21). The molecular formula is C17H31N3O3. The summed E-state index contributed by atoms with van der Waals surface area (Å²) in [5, 5.41) is 2.91. The van der Waals surface area contributed by atoms with E-state index in [2.05, 4.69) is 5.32 Å². The monoisotopic (exact) mass is 325 g/mol. The quantitative estimate of drug-likeness (QED) is 0.736. The molecule has 2 unspecified atom stereocenters. The second-order valence-corrected chi connectivity index (χ2v) is 6.61. The zero-order valence-electron chi connectivity index (χ0n) is 14.1. The maximum Gasteiger partial charge on any atom is 0.222 e. The summed E-state index contributed by atoms with van der Waals surface area (Å²) in [6.07, 6.45) is 8.53. The Morgan fingerprint density at radius 1 is 1.13 bits per heavy atom. The van der Waals surface area contributed by atoms with Gasteiger partial charge in [-0.2, -0.15) is 0 Å². The van der Waals surface area contributed by atoms with Crippen molar-refractivity contribution < 1.29 is 14.3 Å². The molecule has 2 atom stereocenters. The lowest BCUT2D eigenvalue weighted by molar-refractivity contribution is -0.136. The average Bonchev–Trinajstić information content (AvgIpc) is 2.59. The highest BCUT2D eigenvalue weighted by Gasteiger charge is 2.27. The molecule has 0 saturated carbocycles. The van der Waals surface area contributed by atoms with Gasteiger partial charge in [-0.3, -0.25) is 9.59 Å². The third-order valence-corrected chi connectivity index (χ3v) is 4.81. The first kappa shape index (κ1) is 18.2. The number of hydrogen-bond donors (Lipinski definition) is 2. The molecule has 2 saturated heterocycles. The van der Waals surface area contributed by atoms with Crippen molar-refractivity contribution >= 4 is 11.8 Å². The van der Waals surface area contributed by atoms with Crippen molar-refractivity contribution in [1.29, 1.82) is 0 Å². The number of nitrogens with zero attached hydrogens (tertiary/aromatic N) is 1. The zero-order valence-corrected chi connectivity index (χ0v) is 14.1. The minimum atomic E-state index is -0.0268. The Labute approximate surface area is 139 Å². The molecule has 0 aromatic heterocycles. The lowest BCUT2D eigenvalue weighted by Crippen LogP contribution is -2.49. The Bertz CT molecular complexity index is 383. The van der Waals surface area contributed by atoms with Gasteiger partial charge in [-0.1, -0.05) is 0 Å². The van der Waals surface area contributed by atoms with E-state index in [1.165, 1.54) is 6.42 Å². The molecule has 23 heavy (non-hydrogen) atoms. The summed E-state index contributed by atoms with van der Waals surface area (Å²) < 4.78 is 5.71. The number of carbonyl (C=O) groups is 2. The van der Waals surface area contributed by atoms with E-state index in [1.54, 1.807) is 0 Å². The number of rotatable bonds is 7. The molecule has 132 valence electrons. The first-order valence-electron chi connectivity index (χ1n) is 9.08. The highest BCUT2D eigenvalue weighted by atomic mass is 16.5. The predicted octanol–water partition coefficient (Wildman–Crippen LogP) is 1.18. The number of carbonyl (C=O) groups excluding carboxylic acids is 2. The molecule has 2 aliphatic rings. The van der Waals surface area contributed by atoms with Crippen LogP contribution in [0, 0.1) is 0 Å². The summed E-state index contributed by atoms with van der Waals surface area (Å²) in [5.74, 6) is 0.179. The van der Waals surface area contributed by atoms with Gasteiger partial charge in [0.25, 0.3) is 0 Å². The number of ether oxygens (including phenoxy) is 1. The van der Waals surface area contributed by atoms with Crippen molar-refractivity contribution in [2.45, 2.75) is 69.9 Å². The number of amides is 2. The molecule has 6 heteroatoms. The van der Waals surface area contributed by atoms with Crippen LogP contribution in [0.25, 0.3) is 0 Å². The first-order chi connectivity index (χ1) is 11.2. The maximum atomic E-state index is 12.6. The van der Waals surface area contributed by atoms with Crippen LogP contribution in [0.15, 0.2) is 0 Å². The van der Waals surface area contributed by atoms with Crippen LogP contribution >= 0.6 is 0 Å². The van der Waals surface area contributed by atoms with Crippen molar-refractivity contribution in [3.05, 3.63) is 0 Å². The van der Waals surface area contributed by atoms with E-state index < -0.39 is 0 Å². The molecule has 0 bridgehead atoms. The number of likely N-dealkylation sites (tertiary alicyclic amines) is 1. The van der Waals surface area contributed by atoms with E-state index >= 15 is 0 Å². The van der Waals surface area contributed by atoms with Gasteiger partial charge in [0, 0.05) is 45.1 Å². The first-order valence-corrected chi connectivity index (χ1v) is 9.08. The van der Waals surface area contributed by atoms with Crippen LogP contribution in [0.5, 0.6) is 0 Å². The van der Waals surface area contributed by atoms with Crippen molar-refractivity contribution in [3.8, 4) is 0 Å². The van der Waals surface area contributed by atoms with E-state index in [0.717, 1.165) is 51.7 Å². The van der Waals surface area contributed by atoms with Crippen molar-refractivity contribution in [2.24, 2.45) is 5.73 Å². The maximum absolute atomic E-state index is 12.6. The molecule has 0 aliphatic carbocycles. The largest absolute Gasteiger partial charge is 0.378 e. The van der Waals surface area contributed by atoms with E-state index in [4.69, 9.17) is 10.5 Å². The van der Waals surface area contributed by atoms with Gasteiger partial charge in [0.1, 0.15) is 0 Å². The smallest absolute Gasteiger partial charge is 0.222 e. The second kappa shape index (κ2) is 9.88. The highest BCUT2D eigenvalue weighted by Crippen LogP contribution is 2.21. The Morgan fingerprint density at radius 2 is 1.96 bits per heavy atom. The molecule has 0 radical (unpaired) electrons. The molecule has 2 aliphatic heterocycles. The van der Waals surface area contributed by atoms with Gasteiger partial charge in [0.2, 0.25) is 11.8 Å². The van der Waals surface area contributed by atoms with Crippen LogP contribution in [-0.2, 0) is 14.3 Å². The fourth-order valence-electron chi connectivity index (χ4n) is 3.46. The third-order valence-electron chi connectivity index (χ3n) is 4.81. The van der Waals surface area contributed by atoms with Gasteiger partial charge in [0.15, 0.2) is 0 Å². The van der Waals surface area contributed by atoms with E-state index in [9.17, 15) is 9.59 Å². The normalized spacial score (nSPS) is 25.2. The summed E-state index contributed by atoms with van der Waals surface area (Å²) >= 11 is 0. The van der Waals surface area contributed by atoms with Gasteiger partial charge in [-0.05, 0) is 44.9 Å². The minimum Gasteiger partial charge on any atom is -0.378 e. The molecule has 3 N–H and O–H groups in total. The Hall–Kier alpha value is -1.14. The number of nitrogens with two attached hydrogens (primary N) is 1. The molecular weight excluding hydrogens is 294 g/mol. The molecule has 0 aromatic rings. The molecule has 0 aromatic carbocycles. The topological polar surface area (TPSA) is 84.7 Å². The Morgan fingerprint density at radius 3 is 2.70 bits per heavy atom. The van der Waals surface area contributed by atoms with Crippen molar-refractivity contribution in [3.63, 3.8) is 0 Å². The lowest BCUT2D eigenvalue weighted by Gasteiger charge is -2.36. The predicted molar refractivity (Wildman–Crippen MR) is 88.9 cm³/mol. The van der Waals surface area contributed by atoms with Gasteiger partial charge < -0.3 is 20.7 Å². The fourth-order valence-corrected chi connectivity index (χ4v) is 3.46. The van der Waals surface area contributed by atoms with E-state index in [1.807, 2.05) is 4.90 Å². The van der Waals surface area contributed by atoms with Gasteiger partial charge in [-0.15, -0.1) is 0 Å². The summed E-state index contributed by atoms with van der Waals surface area (Å²) in [4.78, 5) is 26.1. The molecule has 2 fully saturated rings. The fraction of sp³-hybridized carbons (Fsp3) is 0.882. The zero-order chi connectivity index (χ0) is 16.5. The molecule has 2 rings (SSSR count). The van der Waals surface area contributed by atoms with Crippen LogP contribution in [-0.4, -0.2) is 55.1 Å². The highest BCUT2D eigenvalue weighted by molar-refractivity contribution is 5.77. The van der Waals surface area contributed by atoms with Gasteiger partial charge in [0.05, 0.1) is 6.10 Å². The minimum absolute atomic E-state index is 0.0268. The van der Waals surface area contributed by atoms with Gasteiger partial charge in [-0.25, -0.2) is 0 Å². The molecule has 2 amide bonds. The van der Waals surface area contributed by atoms with Crippen molar-refractivity contribution in [2.75, 3.05) is 26.2 Å². The summed E-state index contributed by atoms with van der Waals surface area (Å²) in [6.45, 7) is 2.55. The van der Waals surface area contributed by atoms with Crippen LogP contribution in [0.4, 0.5) is 0 Å². The molecule has 0 spiro atoms. The molecule has 2 heterocycles. The van der Waals surface area contributed by atoms with Gasteiger partial charge >= 0.3 is 0 Å². The summed E-state index contributed by atoms with van der Waals surface area (Å²) in [5.41, 5.74) is 5.39. The average molecular weight is 325 g/mol. The van der Waals surface area contributed by atoms with Crippen molar-refractivity contribution in [1.82, 2.24) is 10.2 Å². The van der Waals surface area contributed by atoms with Crippen LogP contribution in [0.3, 0.4) is 0 Å². The number of nitrogens with one attached hydrogen (secondary N) is 1. The lowest BCUT2D eigenvalue weighted by atomic mass is 9.99. The van der Waals surface area contributed by atoms with Crippen LogP contribution in [0.2, 0.25) is 0 Å². The van der Waals surface area contributed by atoms with E-state index in [0.29, 0.717) is 25.9 Å². The summed E-state index contributed by atoms with van der Waals surface area (Å²) in [7, 11) is 0. The Kier molecular flexibility index (Phi) is 7.82. The second-order valence-electron chi connectivity index (χ2n) is 6.61.